The Kier molecular flexibility index (Phi) is 45.3. The fourth-order valence-electron chi connectivity index (χ4n) is 11.9. The molecule has 15 atom stereocenters. The normalized spacial score (nSPS) is 27.5. The molecule has 23 nitrogen and oxygen atoms in total. The molecular weight excluding hydrogens is 1180 g/mol. The number of hydrogen-bond donors (Lipinski definition) is 4. The highest BCUT2D eigenvalue weighted by Gasteiger charge is 2.41. The SMILES string of the molecule is CCC1O[C@@H](OCCOCCOCCNC(=O)CCOCC(COCCC(=O)NCCOCCOCCO[C@H]2OC(CC)[C@@H](C)[C@H](C)C2C)(COCCC(=O)NCCOCCOCCO[C@H]2OC(CC)[C@@H](C)[C@H](C)C2C)CC(=O)CCCCCN)C(C)[C@@H](C)[C@@H]1C. The van der Waals surface area contributed by atoms with Crippen molar-refractivity contribution >= 4 is 23.5 Å². The van der Waals surface area contributed by atoms with Gasteiger partial charge in [0.25, 0.3) is 0 Å². The molecule has 3 saturated heterocycles. The third-order valence-electron chi connectivity index (χ3n) is 18.9. The fraction of sp³-hybridized carbons (Fsp3) is 0.941. The Balaban J connectivity index is 1.42. The first-order valence-electron chi connectivity index (χ1n) is 34.9. The first-order chi connectivity index (χ1) is 43.9. The molecule has 3 rings (SSSR count). The number of hydrogen-bond acceptors (Lipinski definition) is 20. The monoisotopic (exact) mass is 1300 g/mol. The van der Waals surface area contributed by atoms with Crippen LogP contribution in [0.4, 0.5) is 0 Å². The van der Waals surface area contributed by atoms with Gasteiger partial charge in [0.1, 0.15) is 5.78 Å². The number of unbranched alkanes of at least 4 members (excludes halogenated alkanes) is 2. The van der Waals surface area contributed by atoms with Crippen molar-refractivity contribution < 1.29 is 90.2 Å². The molecule has 3 fully saturated rings. The average Bonchev–Trinajstić information content (AvgIpc) is 2.02. The summed E-state index contributed by atoms with van der Waals surface area (Å²) in [6, 6.07) is 0. The lowest BCUT2D eigenvalue weighted by Crippen LogP contribution is -2.45. The van der Waals surface area contributed by atoms with Crippen LogP contribution in [0.15, 0.2) is 0 Å². The zero-order chi connectivity index (χ0) is 66.7. The van der Waals surface area contributed by atoms with Crippen molar-refractivity contribution in [3.8, 4) is 0 Å². The van der Waals surface area contributed by atoms with Crippen molar-refractivity contribution in [2.24, 2.45) is 64.4 Å². The predicted molar refractivity (Wildman–Crippen MR) is 347 cm³/mol. The van der Waals surface area contributed by atoms with Crippen LogP contribution in [-0.4, -0.2) is 226 Å². The molecule has 0 saturated carbocycles. The molecule has 0 aromatic carbocycles. The second-order valence-electron chi connectivity index (χ2n) is 25.6. The largest absolute Gasteiger partial charge is 0.380 e. The van der Waals surface area contributed by atoms with E-state index in [1.165, 1.54) is 0 Å². The van der Waals surface area contributed by atoms with Crippen LogP contribution in [0.25, 0.3) is 0 Å². The van der Waals surface area contributed by atoms with E-state index in [9.17, 15) is 19.2 Å². The maximum absolute atomic E-state index is 13.7. The summed E-state index contributed by atoms with van der Waals surface area (Å²) in [4.78, 5) is 52.4. The van der Waals surface area contributed by atoms with E-state index in [1.807, 2.05) is 0 Å². The molecule has 0 aliphatic carbocycles. The van der Waals surface area contributed by atoms with E-state index in [0.717, 1.165) is 32.1 Å². The van der Waals surface area contributed by atoms with E-state index in [2.05, 4.69) is 99.0 Å². The molecule has 5 N–H and O–H groups in total. The number of ether oxygens (including phenoxy) is 15. The Hall–Kier alpha value is -2.56. The maximum Gasteiger partial charge on any atom is 0.222 e. The quantitative estimate of drug-likeness (QED) is 0.0435. The summed E-state index contributed by atoms with van der Waals surface area (Å²) in [5.74, 6) is 3.21. The molecule has 0 spiro atoms. The number of amides is 3. The van der Waals surface area contributed by atoms with Crippen LogP contribution in [0.5, 0.6) is 0 Å². The van der Waals surface area contributed by atoms with Gasteiger partial charge in [0.05, 0.1) is 157 Å². The molecule has 23 heteroatoms. The van der Waals surface area contributed by atoms with E-state index >= 15 is 0 Å². The Morgan fingerprint density at radius 3 is 0.945 bits per heavy atom. The van der Waals surface area contributed by atoms with Gasteiger partial charge in [-0.3, -0.25) is 19.2 Å². The van der Waals surface area contributed by atoms with Gasteiger partial charge in [-0.2, -0.15) is 0 Å². The third kappa shape index (κ3) is 33.8. The first kappa shape index (κ1) is 82.7. The molecule has 0 aromatic heterocycles. The molecular formula is C68H128N4O19. The molecule has 0 bridgehead atoms. The Labute approximate surface area is 548 Å². The van der Waals surface area contributed by atoms with Gasteiger partial charge in [0.2, 0.25) is 17.7 Å². The average molecular weight is 1310 g/mol. The van der Waals surface area contributed by atoms with Crippen LogP contribution in [0.3, 0.4) is 0 Å². The summed E-state index contributed by atoms with van der Waals surface area (Å²) in [5, 5.41) is 8.60. The van der Waals surface area contributed by atoms with Gasteiger partial charge >= 0.3 is 0 Å². The minimum atomic E-state index is -0.993. The summed E-state index contributed by atoms with van der Waals surface area (Å²) in [7, 11) is 0. The number of nitrogens with one attached hydrogen (secondary N) is 3. The molecule has 3 heterocycles. The van der Waals surface area contributed by atoms with Crippen LogP contribution in [0.2, 0.25) is 0 Å². The molecule has 3 aliphatic rings. The third-order valence-corrected chi connectivity index (χ3v) is 18.9. The van der Waals surface area contributed by atoms with Crippen molar-refractivity contribution in [1.82, 2.24) is 16.0 Å². The first-order valence-corrected chi connectivity index (χ1v) is 34.9. The maximum atomic E-state index is 13.7. The van der Waals surface area contributed by atoms with E-state index in [-0.39, 0.29) is 126 Å². The summed E-state index contributed by atoms with van der Waals surface area (Å²) < 4.78 is 89.4. The zero-order valence-electron chi connectivity index (χ0n) is 58.5. The Morgan fingerprint density at radius 1 is 0.352 bits per heavy atom. The highest BCUT2D eigenvalue weighted by molar-refractivity contribution is 5.79. The van der Waals surface area contributed by atoms with Gasteiger partial charge in [-0.05, 0) is 74.2 Å². The topological polar surface area (TPSA) is 269 Å². The Morgan fingerprint density at radius 2 is 0.648 bits per heavy atom. The van der Waals surface area contributed by atoms with Gasteiger partial charge < -0.3 is 92.7 Å². The van der Waals surface area contributed by atoms with Crippen molar-refractivity contribution in [2.45, 2.75) is 191 Å². The predicted octanol–water partition coefficient (Wildman–Crippen LogP) is 7.30. The van der Waals surface area contributed by atoms with Gasteiger partial charge in [0.15, 0.2) is 18.9 Å². The van der Waals surface area contributed by atoms with Gasteiger partial charge in [-0.15, -0.1) is 0 Å². The van der Waals surface area contributed by atoms with Crippen molar-refractivity contribution in [3.05, 3.63) is 0 Å². The molecule has 3 amide bonds. The van der Waals surface area contributed by atoms with Crippen LogP contribution < -0.4 is 21.7 Å². The second kappa shape index (κ2) is 49.9. The highest BCUT2D eigenvalue weighted by atomic mass is 16.7. The highest BCUT2D eigenvalue weighted by Crippen LogP contribution is 2.39. The summed E-state index contributed by atoms with van der Waals surface area (Å²) in [5.41, 5.74) is 4.74. The van der Waals surface area contributed by atoms with E-state index < -0.39 is 5.41 Å². The number of rotatable bonds is 55. The van der Waals surface area contributed by atoms with E-state index in [1.54, 1.807) is 0 Å². The van der Waals surface area contributed by atoms with E-state index in [4.69, 9.17) is 76.8 Å². The minimum absolute atomic E-state index is 0.00773. The zero-order valence-corrected chi connectivity index (χ0v) is 58.5. The van der Waals surface area contributed by atoms with Crippen LogP contribution in [-0.2, 0) is 90.2 Å². The number of carbonyl (C=O) groups is 4. The summed E-state index contributed by atoms with van der Waals surface area (Å²) in [6.45, 7) is 34.0. The van der Waals surface area contributed by atoms with Gasteiger partial charge in [-0.1, -0.05) is 89.5 Å². The number of ketones is 1. The summed E-state index contributed by atoms with van der Waals surface area (Å²) >= 11 is 0. The number of Topliss-reactive ketones (excluding diaryl/α,β-unsaturated/α-hetero) is 1. The van der Waals surface area contributed by atoms with Crippen LogP contribution in [0, 0.1) is 58.7 Å². The molecule has 91 heavy (non-hydrogen) atoms. The van der Waals surface area contributed by atoms with Crippen molar-refractivity contribution in [2.75, 3.05) is 165 Å². The van der Waals surface area contributed by atoms with Crippen molar-refractivity contribution in [3.63, 3.8) is 0 Å². The second-order valence-corrected chi connectivity index (χ2v) is 25.6. The molecule has 0 aromatic rings. The van der Waals surface area contributed by atoms with Crippen LogP contribution >= 0.6 is 0 Å². The van der Waals surface area contributed by atoms with E-state index in [0.29, 0.717) is 191 Å². The molecule has 6 unspecified atom stereocenters. The van der Waals surface area contributed by atoms with Crippen molar-refractivity contribution in [1.29, 1.82) is 0 Å². The molecule has 0 radical (unpaired) electrons. The minimum Gasteiger partial charge on any atom is -0.380 e. The number of carbonyl (C=O) groups excluding carboxylic acids is 4. The number of nitrogens with two attached hydrogens (primary N) is 1. The summed E-state index contributed by atoms with van der Waals surface area (Å²) in [6.07, 6.45) is 5.61. The van der Waals surface area contributed by atoms with Gasteiger partial charge in [0, 0.05) is 74.9 Å². The lowest BCUT2D eigenvalue weighted by Gasteiger charge is -2.43. The van der Waals surface area contributed by atoms with Crippen LogP contribution in [0.1, 0.15) is 154 Å². The Bertz CT molecular complexity index is 1690. The lowest BCUT2D eigenvalue weighted by atomic mass is 9.78. The lowest BCUT2D eigenvalue weighted by molar-refractivity contribution is -0.251. The smallest absolute Gasteiger partial charge is 0.222 e. The fourth-order valence-corrected chi connectivity index (χ4v) is 11.9. The molecule has 534 valence electrons. The molecule has 3 aliphatic heterocycles. The van der Waals surface area contributed by atoms with Gasteiger partial charge in [-0.25, -0.2) is 0 Å². The standard InChI is InChI=1S/C68H128N4O19/c1-13-59-52(7)49(4)55(10)65(89-59)86-42-39-80-36-33-77-30-24-70-62(74)20-27-83-46-68(45-58(73)19-17-16-18-23-69,47-84-28-21-63(75)71-25-31-78-34-37-81-40-43-87-66-56(11)50(5)53(8)60(14-2)90-66)48-85-29-22-64(76)72-26-32-79-35-38-82-41-44-88-67-57(12)51(6)54(9)61(15-3)91-67/h49-57,59-61,65-67H,13-48,69H2,1-12H3,(H,70,74)(H,71,75)(H,72,76)/t49-,50-,51-,52-,53-,54-,55?,56?,57?,59?,60?,61?,65-,66-,67+,68?/m0/s1.